The highest BCUT2D eigenvalue weighted by molar-refractivity contribution is 9.10. The van der Waals surface area contributed by atoms with E-state index in [0.717, 1.165) is 4.31 Å². The number of Topliss-reactive ketones (excluding diaryl/α,β-unsaturated/α-hetero) is 1. The lowest BCUT2D eigenvalue weighted by Gasteiger charge is -2.25. The van der Waals surface area contributed by atoms with Crippen molar-refractivity contribution in [2.24, 2.45) is 0 Å². The van der Waals surface area contributed by atoms with Gasteiger partial charge in [-0.05, 0) is 28.1 Å². The third kappa shape index (κ3) is 1.65. The number of ketones is 1. The van der Waals surface area contributed by atoms with Crippen LogP contribution in [0.3, 0.4) is 0 Å². The Morgan fingerprint density at radius 2 is 2.13 bits per heavy atom. The number of nitrogens with zero attached hydrogens (tertiary/aromatic N) is 2. The first-order chi connectivity index (χ1) is 6.92. The lowest BCUT2D eigenvalue weighted by Crippen LogP contribution is -2.38. The van der Waals surface area contributed by atoms with Crippen molar-refractivity contribution in [1.82, 2.24) is 4.98 Å². The van der Waals surface area contributed by atoms with E-state index in [9.17, 15) is 13.2 Å². The highest BCUT2D eigenvalue weighted by Gasteiger charge is 2.33. The Kier molecular flexibility index (Phi) is 2.31. The van der Waals surface area contributed by atoms with Crippen LogP contribution in [-0.4, -0.2) is 32.0 Å². The maximum absolute atomic E-state index is 11.5. The van der Waals surface area contributed by atoms with E-state index < -0.39 is 21.6 Å². The van der Waals surface area contributed by atoms with Crippen LogP contribution < -0.4 is 4.31 Å². The minimum absolute atomic E-state index is 0.196. The summed E-state index contributed by atoms with van der Waals surface area (Å²) in [5.74, 6) is -0.982. The lowest BCUT2D eigenvalue weighted by molar-refractivity contribution is 0.101. The highest BCUT2D eigenvalue weighted by atomic mass is 79.9. The summed E-state index contributed by atoms with van der Waals surface area (Å²) < 4.78 is 24.6. The summed E-state index contributed by atoms with van der Waals surface area (Å²) >= 11 is 3.14. The van der Waals surface area contributed by atoms with Gasteiger partial charge in [-0.25, -0.2) is 13.4 Å². The van der Waals surface area contributed by atoms with Crippen molar-refractivity contribution in [2.45, 2.75) is 0 Å². The molecule has 0 amide bonds. The quantitative estimate of drug-likeness (QED) is 0.663. The van der Waals surface area contributed by atoms with Crippen LogP contribution in [0.5, 0.6) is 0 Å². The Hall–Kier alpha value is -0.950. The molecular formula is C8H7BrN2O3S. The molecular weight excluding hydrogens is 284 g/mol. The number of anilines is 1. The Morgan fingerprint density at radius 1 is 1.47 bits per heavy atom. The minimum atomic E-state index is -3.51. The van der Waals surface area contributed by atoms with E-state index >= 15 is 0 Å². The van der Waals surface area contributed by atoms with Crippen molar-refractivity contribution in [3.8, 4) is 0 Å². The third-order valence-corrected chi connectivity index (χ3v) is 4.27. The summed E-state index contributed by atoms with van der Waals surface area (Å²) in [5.41, 5.74) is 0.524. The predicted octanol–water partition coefficient (Wildman–Crippen LogP) is 0.806. The molecule has 0 aliphatic carbocycles. The molecule has 5 nitrogen and oxygen atoms in total. The number of hydrogen-bond donors (Lipinski definition) is 0. The fourth-order valence-corrected chi connectivity index (χ4v) is 2.79. The number of hydrogen-bond acceptors (Lipinski definition) is 4. The van der Waals surface area contributed by atoms with E-state index in [2.05, 4.69) is 20.9 Å². The predicted molar refractivity (Wildman–Crippen MR) is 58.5 cm³/mol. The molecule has 0 fully saturated rings. The second-order valence-corrected chi connectivity index (χ2v) is 5.96. The van der Waals surface area contributed by atoms with Gasteiger partial charge in [-0.3, -0.25) is 9.10 Å². The molecule has 80 valence electrons. The van der Waals surface area contributed by atoms with Gasteiger partial charge in [-0.15, -0.1) is 0 Å². The molecule has 2 rings (SSSR count). The van der Waals surface area contributed by atoms with Crippen LogP contribution in [0.2, 0.25) is 0 Å². The molecule has 1 aliphatic rings. The zero-order valence-electron chi connectivity index (χ0n) is 7.77. The van der Waals surface area contributed by atoms with E-state index in [4.69, 9.17) is 0 Å². The molecule has 7 heteroatoms. The van der Waals surface area contributed by atoms with Gasteiger partial charge in [-0.1, -0.05) is 0 Å². The molecule has 0 spiro atoms. The van der Waals surface area contributed by atoms with Crippen LogP contribution in [0.4, 0.5) is 5.69 Å². The van der Waals surface area contributed by atoms with Gasteiger partial charge in [0, 0.05) is 7.05 Å². The number of carbonyl (C=O) groups excluding carboxylic acids is 1. The number of carbonyl (C=O) groups is 1. The fraction of sp³-hybridized carbons (Fsp3) is 0.250. The Bertz CT molecular complexity index is 541. The van der Waals surface area contributed by atoms with Crippen molar-refractivity contribution in [3.63, 3.8) is 0 Å². The van der Waals surface area contributed by atoms with Crippen LogP contribution in [0.15, 0.2) is 16.7 Å². The topological polar surface area (TPSA) is 67.3 Å². The molecule has 0 atom stereocenters. The second kappa shape index (κ2) is 3.28. The summed E-state index contributed by atoms with van der Waals surface area (Å²) in [6.45, 7) is 0. The van der Waals surface area contributed by atoms with Crippen LogP contribution in [0.25, 0.3) is 0 Å². The SMILES string of the molecule is CN1c2ccc(Br)nc2C(=O)CS1(=O)=O. The van der Waals surface area contributed by atoms with Gasteiger partial charge in [-0.2, -0.15) is 0 Å². The van der Waals surface area contributed by atoms with E-state index in [1.165, 1.54) is 7.05 Å². The summed E-state index contributed by atoms with van der Waals surface area (Å²) in [4.78, 5) is 15.5. The smallest absolute Gasteiger partial charge is 0.242 e. The Morgan fingerprint density at radius 3 is 2.80 bits per heavy atom. The first-order valence-electron chi connectivity index (χ1n) is 4.08. The molecule has 2 heterocycles. The van der Waals surface area contributed by atoms with Gasteiger partial charge in [0.15, 0.2) is 5.78 Å². The number of aromatic nitrogens is 1. The summed E-state index contributed by atoms with van der Waals surface area (Å²) in [5, 5.41) is 0. The largest absolute Gasteiger partial charge is 0.291 e. The van der Waals surface area contributed by atoms with Gasteiger partial charge < -0.3 is 0 Å². The number of fused-ring (bicyclic) bond motifs is 1. The van der Waals surface area contributed by atoms with Crippen LogP contribution in [0.1, 0.15) is 10.5 Å². The van der Waals surface area contributed by atoms with Crippen molar-refractivity contribution >= 4 is 37.4 Å². The zero-order valence-corrected chi connectivity index (χ0v) is 10.2. The van der Waals surface area contributed by atoms with Gasteiger partial charge >= 0.3 is 0 Å². The summed E-state index contributed by atoms with van der Waals surface area (Å²) in [6.07, 6.45) is 0. The highest BCUT2D eigenvalue weighted by Crippen LogP contribution is 2.27. The van der Waals surface area contributed by atoms with E-state index in [-0.39, 0.29) is 5.69 Å². The van der Waals surface area contributed by atoms with Crippen molar-refractivity contribution in [1.29, 1.82) is 0 Å². The molecule has 0 radical (unpaired) electrons. The Labute approximate surface area is 95.3 Å². The van der Waals surface area contributed by atoms with Crippen molar-refractivity contribution in [3.05, 3.63) is 22.4 Å². The molecule has 1 aliphatic heterocycles. The molecule has 0 aromatic carbocycles. The maximum atomic E-state index is 11.5. The average Bonchev–Trinajstić information content (AvgIpc) is 2.14. The maximum Gasteiger partial charge on any atom is 0.242 e. The fourth-order valence-electron chi connectivity index (χ4n) is 1.37. The molecule has 0 saturated carbocycles. The molecule has 0 bridgehead atoms. The average molecular weight is 291 g/mol. The standard InChI is InChI=1S/C8H7BrN2O3S/c1-11-5-2-3-7(9)10-8(5)6(12)4-15(11,13)14/h2-3H,4H2,1H3. The second-order valence-electron chi connectivity index (χ2n) is 3.15. The van der Waals surface area contributed by atoms with Gasteiger partial charge in [0.2, 0.25) is 10.0 Å². The van der Waals surface area contributed by atoms with Crippen LogP contribution in [-0.2, 0) is 10.0 Å². The summed E-state index contributed by atoms with van der Waals surface area (Å²) in [7, 11) is -2.10. The minimum Gasteiger partial charge on any atom is -0.291 e. The first-order valence-corrected chi connectivity index (χ1v) is 6.48. The molecule has 1 aromatic rings. The molecule has 1 aromatic heterocycles. The normalized spacial score (nSPS) is 18.8. The van der Waals surface area contributed by atoms with E-state index in [1.54, 1.807) is 12.1 Å². The molecule has 15 heavy (non-hydrogen) atoms. The Balaban J connectivity index is 2.69. The summed E-state index contributed by atoms with van der Waals surface area (Å²) in [6, 6.07) is 3.16. The molecule has 0 unspecified atom stereocenters. The van der Waals surface area contributed by atoms with Gasteiger partial charge in [0.25, 0.3) is 0 Å². The van der Waals surface area contributed by atoms with E-state index in [0.29, 0.717) is 10.3 Å². The van der Waals surface area contributed by atoms with Crippen molar-refractivity contribution in [2.75, 3.05) is 17.1 Å². The lowest BCUT2D eigenvalue weighted by atomic mass is 10.2. The van der Waals surface area contributed by atoms with Crippen molar-refractivity contribution < 1.29 is 13.2 Å². The van der Waals surface area contributed by atoms with Gasteiger partial charge in [0.1, 0.15) is 16.0 Å². The monoisotopic (exact) mass is 290 g/mol. The molecule has 0 saturated heterocycles. The molecule has 0 N–H and O–H groups in total. The van der Waals surface area contributed by atoms with Gasteiger partial charge in [0.05, 0.1) is 5.69 Å². The number of pyridine rings is 1. The first kappa shape index (κ1) is 10.6. The van der Waals surface area contributed by atoms with Crippen LogP contribution >= 0.6 is 15.9 Å². The number of halogens is 1. The number of rotatable bonds is 0. The third-order valence-electron chi connectivity index (χ3n) is 2.17. The van der Waals surface area contributed by atoms with E-state index in [1.807, 2.05) is 0 Å². The zero-order chi connectivity index (χ0) is 11.2. The van der Waals surface area contributed by atoms with Crippen LogP contribution in [0, 0.1) is 0 Å². The number of sulfonamides is 1.